The molecule has 1 atom stereocenters. The van der Waals surface area contributed by atoms with Crippen molar-refractivity contribution in [3.8, 4) is 0 Å². The molecule has 0 aromatic heterocycles. The van der Waals surface area contributed by atoms with Gasteiger partial charge in [0, 0.05) is 5.56 Å². The minimum Gasteiger partial charge on any atom is -0.481 e. The Hall–Kier alpha value is -1.50. The van der Waals surface area contributed by atoms with Crippen molar-refractivity contribution in [3.63, 3.8) is 0 Å². The number of carbonyl (C=O) groups is 1. The van der Waals surface area contributed by atoms with Gasteiger partial charge < -0.3 is 5.11 Å². The van der Waals surface area contributed by atoms with Gasteiger partial charge in [0.2, 0.25) is 0 Å². The van der Waals surface area contributed by atoms with Crippen molar-refractivity contribution in [2.45, 2.75) is 26.2 Å². The summed E-state index contributed by atoms with van der Waals surface area (Å²) in [7, 11) is 0. The van der Waals surface area contributed by atoms with Crippen LogP contribution in [-0.4, -0.2) is 16.0 Å². The van der Waals surface area contributed by atoms with Crippen LogP contribution < -0.4 is 0 Å². The van der Waals surface area contributed by atoms with Crippen LogP contribution in [0.5, 0.6) is 0 Å². The fourth-order valence-corrected chi connectivity index (χ4v) is 2.18. The Morgan fingerprint density at radius 3 is 2.53 bits per heavy atom. The highest BCUT2D eigenvalue weighted by atomic mass is 79.9. The van der Waals surface area contributed by atoms with Crippen molar-refractivity contribution in [2.75, 3.05) is 0 Å². The van der Waals surface area contributed by atoms with Gasteiger partial charge in [-0.05, 0) is 34.3 Å². The summed E-state index contributed by atoms with van der Waals surface area (Å²) in [6.07, 6.45) is 0.244. The molecular weight excluding hydrogens is 321 g/mol. The second kappa shape index (κ2) is 6.10. The van der Waals surface area contributed by atoms with E-state index in [9.17, 15) is 24.4 Å². The first-order valence-electron chi connectivity index (χ1n) is 5.60. The third kappa shape index (κ3) is 3.73. The maximum atomic E-state index is 13.3. The molecule has 0 aliphatic carbocycles. The van der Waals surface area contributed by atoms with Crippen molar-refractivity contribution < 1.29 is 19.2 Å². The molecule has 0 aliphatic rings. The molecule has 0 heterocycles. The summed E-state index contributed by atoms with van der Waals surface area (Å²) in [6, 6.07) is 1.92. The maximum absolute atomic E-state index is 13.3. The van der Waals surface area contributed by atoms with Crippen LogP contribution in [0.25, 0.3) is 0 Å². The van der Waals surface area contributed by atoms with Crippen LogP contribution in [0.2, 0.25) is 0 Å². The molecule has 104 valence electrons. The molecule has 1 aromatic carbocycles. The van der Waals surface area contributed by atoms with Crippen LogP contribution in [0.15, 0.2) is 16.6 Å². The Bertz CT molecular complexity index is 519. The van der Waals surface area contributed by atoms with E-state index in [-0.39, 0.29) is 22.4 Å². The van der Waals surface area contributed by atoms with E-state index in [1.54, 1.807) is 0 Å². The molecule has 1 aromatic rings. The number of carboxylic acid groups (broad SMARTS) is 1. The van der Waals surface area contributed by atoms with Crippen LogP contribution >= 0.6 is 15.9 Å². The van der Waals surface area contributed by atoms with Crippen LogP contribution in [0.1, 0.15) is 31.7 Å². The molecular formula is C12H13BrFNO4. The molecule has 1 rings (SSSR count). The molecule has 7 heteroatoms. The molecule has 0 saturated heterocycles. The minimum absolute atomic E-state index is 0.0134. The quantitative estimate of drug-likeness (QED) is 0.657. The topological polar surface area (TPSA) is 80.4 Å². The average molecular weight is 334 g/mol. The van der Waals surface area contributed by atoms with Crippen molar-refractivity contribution >= 4 is 27.6 Å². The SMILES string of the molecule is CC(C)CC(C(=O)O)c1cc(Br)c(F)cc1[N+](=O)[O-]. The lowest BCUT2D eigenvalue weighted by molar-refractivity contribution is -0.385. The van der Waals surface area contributed by atoms with Crippen molar-refractivity contribution in [3.05, 3.63) is 38.1 Å². The molecule has 1 N–H and O–H groups in total. The molecule has 0 spiro atoms. The van der Waals surface area contributed by atoms with E-state index < -0.39 is 28.3 Å². The van der Waals surface area contributed by atoms with Gasteiger partial charge in [-0.1, -0.05) is 13.8 Å². The summed E-state index contributed by atoms with van der Waals surface area (Å²) < 4.78 is 13.4. The highest BCUT2D eigenvalue weighted by Crippen LogP contribution is 2.35. The van der Waals surface area contributed by atoms with E-state index in [0.29, 0.717) is 0 Å². The number of nitro groups is 1. The standard InChI is InChI=1S/C12H13BrFNO4/c1-6(2)3-8(12(16)17)7-4-9(13)10(14)5-11(7)15(18)19/h4-6,8H,3H2,1-2H3,(H,16,17). The van der Waals surface area contributed by atoms with Crippen LogP contribution in [0.4, 0.5) is 10.1 Å². The van der Waals surface area contributed by atoms with Gasteiger partial charge in [0.15, 0.2) is 0 Å². The lowest BCUT2D eigenvalue weighted by Gasteiger charge is -2.15. The number of benzene rings is 1. The summed E-state index contributed by atoms with van der Waals surface area (Å²) >= 11 is 2.92. The fourth-order valence-electron chi connectivity index (χ4n) is 1.82. The van der Waals surface area contributed by atoms with E-state index >= 15 is 0 Å². The van der Waals surface area contributed by atoms with Gasteiger partial charge in [-0.25, -0.2) is 4.39 Å². The smallest absolute Gasteiger partial charge is 0.311 e. The zero-order valence-corrected chi connectivity index (χ0v) is 12.0. The van der Waals surface area contributed by atoms with E-state index in [4.69, 9.17) is 0 Å². The summed E-state index contributed by atoms with van der Waals surface area (Å²) in [5.41, 5.74) is -0.492. The van der Waals surface area contributed by atoms with E-state index in [1.165, 1.54) is 6.07 Å². The van der Waals surface area contributed by atoms with Gasteiger partial charge in [-0.15, -0.1) is 0 Å². The normalized spacial score (nSPS) is 12.5. The Balaban J connectivity index is 3.40. The lowest BCUT2D eigenvalue weighted by atomic mass is 9.89. The van der Waals surface area contributed by atoms with Crippen molar-refractivity contribution in [1.29, 1.82) is 0 Å². The Morgan fingerprint density at radius 2 is 2.11 bits per heavy atom. The Labute approximate surface area is 117 Å². The highest BCUT2D eigenvalue weighted by Gasteiger charge is 2.30. The van der Waals surface area contributed by atoms with Gasteiger partial charge in [0.05, 0.1) is 21.4 Å². The Morgan fingerprint density at radius 1 is 1.53 bits per heavy atom. The third-order valence-corrected chi connectivity index (χ3v) is 3.25. The first-order chi connectivity index (χ1) is 8.73. The predicted molar refractivity (Wildman–Crippen MR) is 70.6 cm³/mol. The predicted octanol–water partition coefficient (Wildman–Crippen LogP) is 3.71. The van der Waals surface area contributed by atoms with Gasteiger partial charge in [-0.3, -0.25) is 14.9 Å². The van der Waals surface area contributed by atoms with Crippen molar-refractivity contribution in [2.24, 2.45) is 5.92 Å². The number of hydrogen-bond donors (Lipinski definition) is 1. The number of rotatable bonds is 5. The first kappa shape index (κ1) is 15.6. The van der Waals surface area contributed by atoms with Crippen LogP contribution in [-0.2, 0) is 4.79 Å². The third-order valence-electron chi connectivity index (χ3n) is 2.65. The number of aliphatic carboxylic acids is 1. The molecule has 0 fully saturated rings. The van der Waals surface area contributed by atoms with Gasteiger partial charge >= 0.3 is 5.97 Å². The highest BCUT2D eigenvalue weighted by molar-refractivity contribution is 9.10. The maximum Gasteiger partial charge on any atom is 0.311 e. The number of carboxylic acids is 1. The van der Waals surface area contributed by atoms with Crippen LogP contribution in [0.3, 0.4) is 0 Å². The van der Waals surface area contributed by atoms with Gasteiger partial charge in [0.1, 0.15) is 5.82 Å². The molecule has 1 unspecified atom stereocenters. The fraction of sp³-hybridized carbons (Fsp3) is 0.417. The second-order valence-electron chi connectivity index (χ2n) is 4.60. The van der Waals surface area contributed by atoms with Gasteiger partial charge in [-0.2, -0.15) is 0 Å². The number of halogens is 2. The van der Waals surface area contributed by atoms with Crippen molar-refractivity contribution in [1.82, 2.24) is 0 Å². The molecule has 5 nitrogen and oxygen atoms in total. The number of nitrogens with zero attached hydrogens (tertiary/aromatic N) is 1. The summed E-state index contributed by atoms with van der Waals surface area (Å²) in [6.45, 7) is 3.64. The molecule has 19 heavy (non-hydrogen) atoms. The molecule has 0 amide bonds. The monoisotopic (exact) mass is 333 g/mol. The largest absolute Gasteiger partial charge is 0.481 e. The van der Waals surface area contributed by atoms with Crippen LogP contribution in [0, 0.1) is 21.8 Å². The van der Waals surface area contributed by atoms with Gasteiger partial charge in [0.25, 0.3) is 5.69 Å². The lowest BCUT2D eigenvalue weighted by Crippen LogP contribution is -2.16. The number of hydrogen-bond acceptors (Lipinski definition) is 3. The summed E-state index contributed by atoms with van der Waals surface area (Å²) in [4.78, 5) is 21.4. The Kier molecular flexibility index (Phi) is 4.99. The molecule has 0 bridgehead atoms. The molecule has 0 radical (unpaired) electrons. The molecule has 0 saturated carbocycles. The summed E-state index contributed by atoms with van der Waals surface area (Å²) in [5.74, 6) is -2.93. The van der Waals surface area contributed by atoms with E-state index in [0.717, 1.165) is 6.07 Å². The zero-order valence-electron chi connectivity index (χ0n) is 10.4. The minimum atomic E-state index is -1.16. The first-order valence-corrected chi connectivity index (χ1v) is 6.39. The van der Waals surface area contributed by atoms with E-state index in [2.05, 4.69) is 15.9 Å². The second-order valence-corrected chi connectivity index (χ2v) is 5.46. The van der Waals surface area contributed by atoms with E-state index in [1.807, 2.05) is 13.8 Å². The zero-order chi connectivity index (χ0) is 14.7. The summed E-state index contributed by atoms with van der Waals surface area (Å²) in [5, 5.41) is 20.1. The molecule has 0 aliphatic heterocycles. The average Bonchev–Trinajstić information content (AvgIpc) is 2.28. The number of nitro benzene ring substituents is 1.